The lowest BCUT2D eigenvalue weighted by Gasteiger charge is -2.15. The summed E-state index contributed by atoms with van der Waals surface area (Å²) < 4.78 is 12.0. The average Bonchev–Trinajstić information content (AvgIpc) is 3.30. The summed E-state index contributed by atoms with van der Waals surface area (Å²) in [5, 5.41) is 4.93. The number of carbonyl (C=O) groups excluding carboxylic acids is 1. The second-order valence-electron chi connectivity index (χ2n) is 8.43. The van der Waals surface area contributed by atoms with Crippen LogP contribution in [0.5, 0.6) is 5.75 Å². The molecule has 2 heterocycles. The zero-order valence-electron chi connectivity index (χ0n) is 20.0. The third kappa shape index (κ3) is 4.41. The lowest BCUT2D eigenvalue weighted by Crippen LogP contribution is -2.09. The van der Waals surface area contributed by atoms with Gasteiger partial charge in [0.2, 0.25) is 5.91 Å². The van der Waals surface area contributed by atoms with Crippen LogP contribution in [-0.4, -0.2) is 17.5 Å². The molecule has 0 radical (unpaired) electrons. The Labute approximate surface area is 204 Å². The Bertz CT molecular complexity index is 1570. The number of hydrogen-bond donors (Lipinski definition) is 1. The molecule has 0 saturated heterocycles. The van der Waals surface area contributed by atoms with Crippen molar-refractivity contribution in [3.8, 4) is 16.9 Å². The van der Waals surface area contributed by atoms with E-state index in [9.17, 15) is 4.79 Å². The number of carbonyl (C=O) groups is 1. The molecule has 0 aliphatic heterocycles. The molecule has 35 heavy (non-hydrogen) atoms. The first-order valence-corrected chi connectivity index (χ1v) is 11.6. The number of fused-ring (bicyclic) bond motifs is 2. The van der Waals surface area contributed by atoms with Crippen molar-refractivity contribution in [2.45, 2.75) is 20.8 Å². The van der Waals surface area contributed by atoms with Gasteiger partial charge in [-0.15, -0.1) is 0 Å². The summed E-state index contributed by atoms with van der Waals surface area (Å²) in [6, 6.07) is 21.7. The van der Waals surface area contributed by atoms with Gasteiger partial charge in [-0.2, -0.15) is 0 Å². The lowest BCUT2D eigenvalue weighted by molar-refractivity contribution is -0.111. The molecule has 0 atom stereocenters. The van der Waals surface area contributed by atoms with E-state index in [1.807, 2.05) is 69.3 Å². The molecular weight excluding hydrogens is 436 g/mol. The van der Waals surface area contributed by atoms with Gasteiger partial charge in [-0.25, -0.2) is 0 Å². The van der Waals surface area contributed by atoms with E-state index >= 15 is 0 Å². The van der Waals surface area contributed by atoms with Gasteiger partial charge in [0, 0.05) is 45.4 Å². The zero-order chi connectivity index (χ0) is 24.4. The van der Waals surface area contributed by atoms with E-state index < -0.39 is 0 Å². The van der Waals surface area contributed by atoms with Crippen LogP contribution < -0.4 is 10.1 Å². The molecule has 0 bridgehead atoms. The van der Waals surface area contributed by atoms with Crippen molar-refractivity contribution in [3.05, 3.63) is 96.4 Å². The standard InChI is InChI=1S/C30H26N2O3/c1-4-34-29-20(3)30-25(26(18-35-30)21-9-6-5-7-10-21)17-24(29)19(2)15-28(33)32-23-12-13-27-22(16-23)11-8-14-31-27/h5-18H,4H2,1-3H3,(H,32,33)/b19-15+. The maximum absolute atomic E-state index is 12.9. The minimum atomic E-state index is -0.207. The number of aryl methyl sites for hydroxylation is 1. The molecule has 0 aliphatic carbocycles. The second kappa shape index (κ2) is 9.47. The molecule has 0 fully saturated rings. The van der Waals surface area contributed by atoms with Crippen LogP contribution >= 0.6 is 0 Å². The third-order valence-electron chi connectivity index (χ3n) is 6.06. The number of nitrogens with zero attached hydrogens (tertiary/aromatic N) is 1. The highest BCUT2D eigenvalue weighted by molar-refractivity contribution is 6.06. The minimum Gasteiger partial charge on any atom is -0.493 e. The van der Waals surface area contributed by atoms with Crippen molar-refractivity contribution < 1.29 is 13.9 Å². The zero-order valence-corrected chi connectivity index (χ0v) is 20.0. The number of amides is 1. The highest BCUT2D eigenvalue weighted by Gasteiger charge is 2.19. The fourth-order valence-corrected chi connectivity index (χ4v) is 4.39. The Hall–Kier alpha value is -4.38. The molecular formula is C30H26N2O3. The molecule has 3 aromatic carbocycles. The summed E-state index contributed by atoms with van der Waals surface area (Å²) in [4.78, 5) is 17.3. The fourth-order valence-electron chi connectivity index (χ4n) is 4.39. The molecule has 5 rings (SSSR count). The molecule has 174 valence electrons. The number of hydrogen-bond acceptors (Lipinski definition) is 4. The van der Waals surface area contributed by atoms with Crippen LogP contribution in [-0.2, 0) is 4.79 Å². The number of allylic oxidation sites excluding steroid dienone is 1. The quantitative estimate of drug-likeness (QED) is 0.267. The Morgan fingerprint density at radius 2 is 1.91 bits per heavy atom. The lowest BCUT2D eigenvalue weighted by atomic mass is 9.96. The van der Waals surface area contributed by atoms with Crippen molar-refractivity contribution in [1.82, 2.24) is 4.98 Å². The molecule has 5 heteroatoms. The Kier molecular flexibility index (Phi) is 6.06. The molecule has 0 unspecified atom stereocenters. The summed E-state index contributed by atoms with van der Waals surface area (Å²) in [5.41, 5.74) is 7.07. The Balaban J connectivity index is 1.53. The first-order chi connectivity index (χ1) is 17.0. The number of aromatic nitrogens is 1. The maximum atomic E-state index is 12.9. The van der Waals surface area contributed by atoms with Gasteiger partial charge in [0.15, 0.2) is 0 Å². The predicted molar refractivity (Wildman–Crippen MR) is 142 cm³/mol. The van der Waals surface area contributed by atoms with Crippen molar-refractivity contribution in [2.24, 2.45) is 0 Å². The number of pyridine rings is 1. The van der Waals surface area contributed by atoms with E-state index in [4.69, 9.17) is 9.15 Å². The molecule has 2 aromatic heterocycles. The Morgan fingerprint density at radius 3 is 2.71 bits per heavy atom. The number of rotatable bonds is 6. The van der Waals surface area contributed by atoms with Crippen molar-refractivity contribution >= 4 is 39.0 Å². The normalized spacial score (nSPS) is 11.7. The predicted octanol–water partition coefficient (Wildman–Crippen LogP) is 7.40. The first-order valence-electron chi connectivity index (χ1n) is 11.6. The van der Waals surface area contributed by atoms with Crippen molar-refractivity contribution in [2.75, 3.05) is 11.9 Å². The average molecular weight is 463 g/mol. The van der Waals surface area contributed by atoms with Crippen LogP contribution in [0.2, 0.25) is 0 Å². The van der Waals surface area contributed by atoms with Gasteiger partial charge < -0.3 is 14.5 Å². The van der Waals surface area contributed by atoms with Crippen LogP contribution in [0, 0.1) is 6.92 Å². The van der Waals surface area contributed by atoms with E-state index in [2.05, 4.69) is 28.5 Å². The molecule has 5 nitrogen and oxygen atoms in total. The molecule has 0 saturated carbocycles. The molecule has 1 N–H and O–H groups in total. The van der Waals surface area contributed by atoms with Crippen molar-refractivity contribution in [1.29, 1.82) is 0 Å². The van der Waals surface area contributed by atoms with E-state index in [1.54, 1.807) is 18.5 Å². The highest BCUT2D eigenvalue weighted by Crippen LogP contribution is 2.40. The Morgan fingerprint density at radius 1 is 1.09 bits per heavy atom. The molecule has 0 aliphatic rings. The van der Waals surface area contributed by atoms with Gasteiger partial charge in [0.05, 0.1) is 18.4 Å². The van der Waals surface area contributed by atoms with Gasteiger partial charge in [-0.1, -0.05) is 36.4 Å². The number of nitrogens with one attached hydrogen (secondary N) is 1. The number of furan rings is 1. The van der Waals surface area contributed by atoms with Crippen LogP contribution in [0.4, 0.5) is 5.69 Å². The topological polar surface area (TPSA) is 64.4 Å². The highest BCUT2D eigenvalue weighted by atomic mass is 16.5. The summed E-state index contributed by atoms with van der Waals surface area (Å²) in [7, 11) is 0. The first kappa shape index (κ1) is 22.4. The van der Waals surface area contributed by atoms with E-state index in [0.29, 0.717) is 6.61 Å². The van der Waals surface area contributed by atoms with Crippen LogP contribution in [0.25, 0.3) is 38.6 Å². The van der Waals surface area contributed by atoms with Crippen LogP contribution in [0.1, 0.15) is 25.0 Å². The van der Waals surface area contributed by atoms with E-state index in [0.717, 1.165) is 61.1 Å². The molecule has 1 amide bonds. The van der Waals surface area contributed by atoms with E-state index in [-0.39, 0.29) is 5.91 Å². The number of ether oxygens (including phenoxy) is 1. The number of benzene rings is 3. The van der Waals surface area contributed by atoms with Gasteiger partial charge in [-0.05, 0) is 62.2 Å². The SMILES string of the molecule is CCOc1c(/C(C)=C/C(=O)Nc2ccc3ncccc3c2)cc2c(-c3ccccc3)coc2c1C. The largest absolute Gasteiger partial charge is 0.493 e. The second-order valence-corrected chi connectivity index (χ2v) is 8.43. The maximum Gasteiger partial charge on any atom is 0.248 e. The summed E-state index contributed by atoms with van der Waals surface area (Å²) in [5.74, 6) is 0.522. The summed E-state index contributed by atoms with van der Waals surface area (Å²) >= 11 is 0. The van der Waals surface area contributed by atoms with Gasteiger partial charge in [0.1, 0.15) is 11.3 Å². The fraction of sp³-hybridized carbons (Fsp3) is 0.133. The third-order valence-corrected chi connectivity index (χ3v) is 6.06. The van der Waals surface area contributed by atoms with Gasteiger partial charge >= 0.3 is 0 Å². The number of anilines is 1. The van der Waals surface area contributed by atoms with Crippen molar-refractivity contribution in [3.63, 3.8) is 0 Å². The minimum absolute atomic E-state index is 0.207. The van der Waals surface area contributed by atoms with Crippen LogP contribution in [0.3, 0.4) is 0 Å². The summed E-state index contributed by atoms with van der Waals surface area (Å²) in [6.45, 7) is 6.38. The smallest absolute Gasteiger partial charge is 0.248 e. The molecule has 5 aromatic rings. The van der Waals surface area contributed by atoms with Gasteiger partial charge in [0.25, 0.3) is 0 Å². The van der Waals surface area contributed by atoms with Crippen LogP contribution in [0.15, 0.2) is 89.7 Å². The monoisotopic (exact) mass is 462 g/mol. The van der Waals surface area contributed by atoms with Gasteiger partial charge in [-0.3, -0.25) is 9.78 Å². The van der Waals surface area contributed by atoms with E-state index in [1.165, 1.54) is 0 Å². The molecule has 0 spiro atoms. The summed E-state index contributed by atoms with van der Waals surface area (Å²) in [6.07, 6.45) is 5.15.